The third-order valence-corrected chi connectivity index (χ3v) is 3.71. The normalized spacial score (nSPS) is 17.0. The molecular weight excluding hydrogens is 210 g/mol. The molecule has 1 aromatic carbocycles. The van der Waals surface area contributed by atoms with Crippen LogP contribution in [0.3, 0.4) is 0 Å². The Hall–Kier alpha value is -1.02. The van der Waals surface area contributed by atoms with Gasteiger partial charge in [0.25, 0.3) is 0 Å². The van der Waals surface area contributed by atoms with E-state index in [1.807, 2.05) is 6.07 Å². The Morgan fingerprint density at radius 1 is 1.24 bits per heavy atom. The van der Waals surface area contributed by atoms with Gasteiger partial charge in [0.05, 0.1) is 7.11 Å². The monoisotopic (exact) mass is 233 g/mol. The summed E-state index contributed by atoms with van der Waals surface area (Å²) in [4.78, 5) is 0. The molecule has 0 saturated carbocycles. The Labute approximate surface area is 104 Å². The van der Waals surface area contributed by atoms with Gasteiger partial charge in [0.1, 0.15) is 5.75 Å². The number of para-hydroxylation sites is 1. The minimum atomic E-state index is 0.936. The highest BCUT2D eigenvalue weighted by Gasteiger charge is 2.12. The summed E-state index contributed by atoms with van der Waals surface area (Å²) in [6.07, 6.45) is 6.50. The summed E-state index contributed by atoms with van der Waals surface area (Å²) in [5, 5.41) is 3.42. The minimum absolute atomic E-state index is 0.936. The van der Waals surface area contributed by atoms with Crippen molar-refractivity contribution in [3.63, 3.8) is 0 Å². The average Bonchev–Trinajstić information content (AvgIpc) is 2.40. The summed E-state index contributed by atoms with van der Waals surface area (Å²) in [6, 6.07) is 8.37. The van der Waals surface area contributed by atoms with Crippen LogP contribution in [0, 0.1) is 5.92 Å². The Bertz CT molecular complexity index is 331. The minimum Gasteiger partial charge on any atom is -0.496 e. The maximum absolute atomic E-state index is 5.38. The van der Waals surface area contributed by atoms with Gasteiger partial charge in [-0.15, -0.1) is 0 Å². The highest BCUT2D eigenvalue weighted by atomic mass is 16.5. The van der Waals surface area contributed by atoms with E-state index in [0.29, 0.717) is 0 Å². The molecule has 1 aliphatic rings. The summed E-state index contributed by atoms with van der Waals surface area (Å²) >= 11 is 0. The zero-order valence-corrected chi connectivity index (χ0v) is 10.7. The van der Waals surface area contributed by atoms with Crippen LogP contribution in [0.4, 0.5) is 0 Å². The fourth-order valence-corrected chi connectivity index (χ4v) is 2.66. The molecule has 0 bridgehead atoms. The standard InChI is InChI=1S/C15H23NO/c1-17-15-8-3-2-6-14(15)7-4-5-13-9-11-16-12-10-13/h2-3,6,8,13,16H,4-5,7,9-12H2,1H3. The van der Waals surface area contributed by atoms with E-state index >= 15 is 0 Å². The van der Waals surface area contributed by atoms with Gasteiger partial charge < -0.3 is 10.1 Å². The lowest BCUT2D eigenvalue weighted by Crippen LogP contribution is -2.27. The summed E-state index contributed by atoms with van der Waals surface area (Å²) in [7, 11) is 1.76. The molecule has 0 spiro atoms. The van der Waals surface area contributed by atoms with E-state index in [1.54, 1.807) is 7.11 Å². The van der Waals surface area contributed by atoms with Crippen molar-refractivity contribution >= 4 is 0 Å². The average molecular weight is 233 g/mol. The Morgan fingerprint density at radius 3 is 2.76 bits per heavy atom. The number of hydrogen-bond donors (Lipinski definition) is 1. The van der Waals surface area contributed by atoms with Crippen LogP contribution in [0.1, 0.15) is 31.2 Å². The van der Waals surface area contributed by atoms with Crippen molar-refractivity contribution in [2.24, 2.45) is 5.92 Å². The molecule has 1 aromatic rings. The first-order valence-corrected chi connectivity index (χ1v) is 6.73. The van der Waals surface area contributed by atoms with E-state index in [0.717, 1.165) is 18.1 Å². The van der Waals surface area contributed by atoms with Gasteiger partial charge in [-0.3, -0.25) is 0 Å². The zero-order chi connectivity index (χ0) is 11.9. The fraction of sp³-hybridized carbons (Fsp3) is 0.600. The third kappa shape index (κ3) is 3.74. The topological polar surface area (TPSA) is 21.3 Å². The predicted molar refractivity (Wildman–Crippen MR) is 71.5 cm³/mol. The molecule has 0 unspecified atom stereocenters. The van der Waals surface area contributed by atoms with Gasteiger partial charge in [-0.25, -0.2) is 0 Å². The van der Waals surface area contributed by atoms with Crippen LogP contribution >= 0.6 is 0 Å². The number of aryl methyl sites for hydroxylation is 1. The van der Waals surface area contributed by atoms with Crippen LogP contribution in [0.15, 0.2) is 24.3 Å². The molecule has 1 saturated heterocycles. The van der Waals surface area contributed by atoms with Gasteiger partial charge in [-0.05, 0) is 56.3 Å². The number of methoxy groups -OCH3 is 1. The first-order chi connectivity index (χ1) is 8.40. The summed E-state index contributed by atoms with van der Waals surface area (Å²) in [5.41, 5.74) is 1.35. The highest BCUT2D eigenvalue weighted by molar-refractivity contribution is 5.33. The van der Waals surface area contributed by atoms with Gasteiger partial charge in [0, 0.05) is 0 Å². The predicted octanol–water partition coefficient (Wildman–Crippen LogP) is 3.02. The fourth-order valence-electron chi connectivity index (χ4n) is 2.66. The maximum Gasteiger partial charge on any atom is 0.122 e. The van der Waals surface area contributed by atoms with Crippen molar-refractivity contribution in [2.75, 3.05) is 20.2 Å². The Morgan fingerprint density at radius 2 is 2.00 bits per heavy atom. The molecule has 1 heterocycles. The van der Waals surface area contributed by atoms with Crippen molar-refractivity contribution in [1.82, 2.24) is 5.32 Å². The molecule has 0 aliphatic carbocycles. The molecule has 0 amide bonds. The van der Waals surface area contributed by atoms with E-state index < -0.39 is 0 Å². The van der Waals surface area contributed by atoms with Gasteiger partial charge in [-0.2, -0.15) is 0 Å². The Balaban J connectivity index is 1.77. The van der Waals surface area contributed by atoms with Crippen molar-refractivity contribution in [2.45, 2.75) is 32.1 Å². The molecule has 0 radical (unpaired) electrons. The molecule has 17 heavy (non-hydrogen) atoms. The Kier molecular flexibility index (Phi) is 4.87. The van der Waals surface area contributed by atoms with Crippen LogP contribution in [-0.2, 0) is 6.42 Å². The van der Waals surface area contributed by atoms with Crippen molar-refractivity contribution in [1.29, 1.82) is 0 Å². The molecule has 1 aliphatic heterocycles. The largest absolute Gasteiger partial charge is 0.496 e. The van der Waals surface area contributed by atoms with Crippen LogP contribution in [0.25, 0.3) is 0 Å². The molecule has 94 valence electrons. The van der Waals surface area contributed by atoms with Gasteiger partial charge in [0.15, 0.2) is 0 Å². The first kappa shape index (κ1) is 12.4. The SMILES string of the molecule is COc1ccccc1CCCC1CCNCC1. The maximum atomic E-state index is 5.38. The molecule has 1 N–H and O–H groups in total. The third-order valence-electron chi connectivity index (χ3n) is 3.71. The quantitative estimate of drug-likeness (QED) is 0.844. The van der Waals surface area contributed by atoms with Gasteiger partial charge >= 0.3 is 0 Å². The summed E-state index contributed by atoms with van der Waals surface area (Å²) in [6.45, 7) is 2.42. The lowest BCUT2D eigenvalue weighted by molar-refractivity contribution is 0.346. The van der Waals surface area contributed by atoms with Gasteiger partial charge in [-0.1, -0.05) is 24.6 Å². The van der Waals surface area contributed by atoms with Crippen LogP contribution in [-0.4, -0.2) is 20.2 Å². The van der Waals surface area contributed by atoms with E-state index in [9.17, 15) is 0 Å². The van der Waals surface area contributed by atoms with Gasteiger partial charge in [0.2, 0.25) is 0 Å². The number of nitrogens with one attached hydrogen (secondary N) is 1. The van der Waals surface area contributed by atoms with Crippen molar-refractivity contribution in [3.05, 3.63) is 29.8 Å². The molecule has 2 heteroatoms. The smallest absolute Gasteiger partial charge is 0.122 e. The number of ether oxygens (including phenoxy) is 1. The summed E-state index contributed by atoms with van der Waals surface area (Å²) < 4.78 is 5.38. The number of piperidine rings is 1. The lowest BCUT2D eigenvalue weighted by atomic mass is 9.91. The van der Waals surface area contributed by atoms with E-state index in [2.05, 4.69) is 23.5 Å². The van der Waals surface area contributed by atoms with Crippen molar-refractivity contribution < 1.29 is 4.74 Å². The molecule has 1 fully saturated rings. The van der Waals surface area contributed by atoms with E-state index in [-0.39, 0.29) is 0 Å². The second kappa shape index (κ2) is 6.65. The van der Waals surface area contributed by atoms with Crippen LogP contribution in [0.2, 0.25) is 0 Å². The lowest BCUT2D eigenvalue weighted by Gasteiger charge is -2.22. The number of hydrogen-bond acceptors (Lipinski definition) is 2. The molecule has 2 rings (SSSR count). The van der Waals surface area contributed by atoms with Crippen LogP contribution < -0.4 is 10.1 Å². The number of rotatable bonds is 5. The molecule has 0 atom stereocenters. The molecular formula is C15H23NO. The number of benzene rings is 1. The van der Waals surface area contributed by atoms with E-state index in [1.165, 1.54) is 44.3 Å². The van der Waals surface area contributed by atoms with Crippen molar-refractivity contribution in [3.8, 4) is 5.75 Å². The second-order valence-corrected chi connectivity index (χ2v) is 4.90. The summed E-state index contributed by atoms with van der Waals surface area (Å²) in [5.74, 6) is 1.98. The highest BCUT2D eigenvalue weighted by Crippen LogP contribution is 2.23. The van der Waals surface area contributed by atoms with Crippen LogP contribution in [0.5, 0.6) is 5.75 Å². The molecule has 2 nitrogen and oxygen atoms in total. The van der Waals surface area contributed by atoms with E-state index in [4.69, 9.17) is 4.74 Å². The first-order valence-electron chi connectivity index (χ1n) is 6.73. The zero-order valence-electron chi connectivity index (χ0n) is 10.7. The second-order valence-electron chi connectivity index (χ2n) is 4.90. The molecule has 0 aromatic heterocycles.